The Morgan fingerprint density at radius 2 is 1.59 bits per heavy atom. The number of carboxylic acid groups (broad SMARTS) is 2. The third kappa shape index (κ3) is 11.0. The van der Waals surface area contributed by atoms with Crippen LogP contribution < -0.4 is 5.32 Å². The molecule has 0 aromatic carbocycles. The van der Waals surface area contributed by atoms with E-state index in [-0.39, 0.29) is 18.1 Å². The minimum absolute atomic E-state index is 0.0615. The molecular formula is C23H30F6N4O6. The molecule has 3 atom stereocenters. The maximum absolute atomic E-state index is 12.4. The smallest absolute Gasteiger partial charge is 0.475 e. The molecular weight excluding hydrogens is 542 g/mol. The lowest BCUT2D eigenvalue weighted by molar-refractivity contribution is -0.193. The van der Waals surface area contributed by atoms with Crippen LogP contribution in [-0.2, 0) is 25.7 Å². The van der Waals surface area contributed by atoms with Crippen LogP contribution in [0.3, 0.4) is 0 Å². The number of nitrogens with one attached hydrogen (secondary N) is 1. The lowest BCUT2D eigenvalue weighted by Gasteiger charge is -2.22. The Hall–Kier alpha value is -2.98. The first-order chi connectivity index (χ1) is 18.2. The van der Waals surface area contributed by atoms with Crippen molar-refractivity contribution < 1.29 is 55.7 Å². The Labute approximate surface area is 219 Å². The number of likely N-dealkylation sites (tertiary alicyclic amines) is 2. The normalized spacial score (nSPS) is 23.2. The highest BCUT2D eigenvalue weighted by Gasteiger charge is 2.45. The van der Waals surface area contributed by atoms with Crippen LogP contribution in [-0.4, -0.2) is 106 Å². The van der Waals surface area contributed by atoms with E-state index in [0.29, 0.717) is 6.04 Å². The van der Waals surface area contributed by atoms with E-state index in [1.807, 2.05) is 18.3 Å². The number of hydrogen-bond donors (Lipinski definition) is 3. The number of halogens is 6. The van der Waals surface area contributed by atoms with Crippen molar-refractivity contribution in [1.29, 1.82) is 0 Å². The minimum atomic E-state index is -5.08. The largest absolute Gasteiger partial charge is 0.490 e. The monoisotopic (exact) mass is 572 g/mol. The highest BCUT2D eigenvalue weighted by atomic mass is 19.4. The van der Waals surface area contributed by atoms with Crippen LogP contribution in [0.2, 0.25) is 0 Å². The van der Waals surface area contributed by atoms with Crippen molar-refractivity contribution in [2.75, 3.05) is 32.7 Å². The number of ether oxygens (including phenoxy) is 1. The summed E-state index contributed by atoms with van der Waals surface area (Å²) >= 11 is 0. The Morgan fingerprint density at radius 3 is 2.10 bits per heavy atom. The van der Waals surface area contributed by atoms with Crippen molar-refractivity contribution in [2.45, 2.75) is 62.8 Å². The number of nitrogens with zero attached hydrogens (tertiary/aromatic N) is 3. The molecule has 4 rings (SSSR count). The molecule has 1 amide bonds. The Kier molecular flexibility index (Phi) is 11.9. The van der Waals surface area contributed by atoms with E-state index < -0.39 is 24.3 Å². The quantitative estimate of drug-likeness (QED) is 0.440. The van der Waals surface area contributed by atoms with E-state index in [4.69, 9.17) is 24.5 Å². The van der Waals surface area contributed by atoms with Gasteiger partial charge in [-0.1, -0.05) is 6.07 Å². The van der Waals surface area contributed by atoms with Gasteiger partial charge in [-0.05, 0) is 44.5 Å². The van der Waals surface area contributed by atoms with Gasteiger partial charge in [0, 0.05) is 44.8 Å². The maximum Gasteiger partial charge on any atom is 0.490 e. The predicted octanol–water partition coefficient (Wildman–Crippen LogP) is 2.29. The van der Waals surface area contributed by atoms with Gasteiger partial charge in [0.05, 0.1) is 11.8 Å². The van der Waals surface area contributed by atoms with Crippen molar-refractivity contribution in [2.24, 2.45) is 0 Å². The Balaban J connectivity index is 0.000000317. The highest BCUT2D eigenvalue weighted by molar-refractivity contribution is 5.81. The fraction of sp³-hybridized carbons (Fsp3) is 0.652. The number of pyridine rings is 1. The van der Waals surface area contributed by atoms with Gasteiger partial charge in [0.1, 0.15) is 6.10 Å². The summed E-state index contributed by atoms with van der Waals surface area (Å²) < 4.78 is 69.5. The van der Waals surface area contributed by atoms with Crippen LogP contribution in [0.15, 0.2) is 24.4 Å². The number of carbonyl (C=O) groups excluding carboxylic acids is 1. The lowest BCUT2D eigenvalue weighted by Crippen LogP contribution is -2.40. The predicted molar refractivity (Wildman–Crippen MR) is 122 cm³/mol. The zero-order chi connectivity index (χ0) is 29.2. The molecule has 0 saturated carbocycles. The fourth-order valence-corrected chi connectivity index (χ4v) is 4.35. The molecule has 3 N–H and O–H groups in total. The zero-order valence-electron chi connectivity index (χ0n) is 20.7. The summed E-state index contributed by atoms with van der Waals surface area (Å²) in [5, 5.41) is 17.3. The molecule has 10 nitrogen and oxygen atoms in total. The first kappa shape index (κ1) is 32.2. The van der Waals surface area contributed by atoms with Crippen LogP contribution in [0.5, 0.6) is 0 Å². The van der Waals surface area contributed by atoms with E-state index in [1.54, 1.807) is 0 Å². The lowest BCUT2D eigenvalue weighted by atomic mass is 10.1. The molecule has 1 aromatic rings. The number of fused-ring (bicyclic) bond motifs is 1. The number of carbonyl (C=O) groups is 3. The second-order valence-corrected chi connectivity index (χ2v) is 8.99. The summed E-state index contributed by atoms with van der Waals surface area (Å²) in [7, 11) is 0. The molecule has 0 bridgehead atoms. The summed E-state index contributed by atoms with van der Waals surface area (Å²) in [6.07, 6.45) is -4.05. The number of hydrogen-bond acceptors (Lipinski definition) is 7. The highest BCUT2D eigenvalue weighted by Crippen LogP contribution is 2.33. The standard InChI is InChI=1S/C19H28N4O2.2C2HF3O2/c24-19(21-8-12-22-9-3-4-10-22)18-13-16-17(25-18)6-11-23(16)14-15-5-1-2-7-20-15;2*3-2(4,5)1(6)7/h1-2,5,7,16-18H,3-4,6,8-14H2,(H,21,24);2*(H,6,7)/t16-,17-,18+;;/m0../s1. The summed E-state index contributed by atoms with van der Waals surface area (Å²) in [4.78, 5) is 39.5. The molecule has 1 aromatic heterocycles. The number of amides is 1. The van der Waals surface area contributed by atoms with Crippen molar-refractivity contribution >= 4 is 17.8 Å². The van der Waals surface area contributed by atoms with Gasteiger partial charge < -0.3 is 25.2 Å². The second kappa shape index (κ2) is 14.4. The third-order valence-electron chi connectivity index (χ3n) is 6.19. The minimum Gasteiger partial charge on any atom is -0.475 e. The molecule has 3 aliphatic rings. The Morgan fingerprint density at radius 1 is 1.00 bits per heavy atom. The van der Waals surface area contributed by atoms with E-state index in [9.17, 15) is 31.1 Å². The molecule has 4 heterocycles. The molecule has 16 heteroatoms. The van der Waals surface area contributed by atoms with Crippen molar-refractivity contribution in [1.82, 2.24) is 20.1 Å². The first-order valence-electron chi connectivity index (χ1n) is 12.1. The third-order valence-corrected chi connectivity index (χ3v) is 6.19. The number of aromatic nitrogens is 1. The molecule has 0 aliphatic carbocycles. The van der Waals surface area contributed by atoms with Gasteiger partial charge in [-0.3, -0.25) is 14.7 Å². The molecule has 3 aliphatic heterocycles. The zero-order valence-corrected chi connectivity index (χ0v) is 20.7. The number of rotatable bonds is 6. The molecule has 3 fully saturated rings. The number of aliphatic carboxylic acids is 2. The van der Waals surface area contributed by atoms with E-state index in [0.717, 1.165) is 44.7 Å². The Bertz CT molecular complexity index is 919. The topological polar surface area (TPSA) is 132 Å². The SMILES string of the molecule is O=C(NCCN1CCCC1)[C@H]1C[C@H]2[C@H](CCN2Cc2ccccn2)O1.O=C(O)C(F)(F)F.O=C(O)C(F)(F)F. The number of carboxylic acids is 2. The van der Waals surface area contributed by atoms with Gasteiger partial charge in [0.15, 0.2) is 0 Å². The van der Waals surface area contributed by atoms with Gasteiger partial charge in [-0.15, -0.1) is 0 Å². The van der Waals surface area contributed by atoms with Crippen LogP contribution in [0.25, 0.3) is 0 Å². The summed E-state index contributed by atoms with van der Waals surface area (Å²) in [6.45, 7) is 5.89. The number of alkyl halides is 6. The summed E-state index contributed by atoms with van der Waals surface area (Å²) in [6, 6.07) is 6.37. The van der Waals surface area contributed by atoms with Gasteiger partial charge in [0.2, 0.25) is 5.91 Å². The average Bonchev–Trinajstić information content (AvgIpc) is 3.58. The van der Waals surface area contributed by atoms with E-state index in [1.165, 1.54) is 25.9 Å². The van der Waals surface area contributed by atoms with E-state index in [2.05, 4.69) is 26.2 Å². The molecule has 220 valence electrons. The van der Waals surface area contributed by atoms with Crippen LogP contribution in [0.4, 0.5) is 26.3 Å². The molecule has 0 spiro atoms. The van der Waals surface area contributed by atoms with Crippen molar-refractivity contribution in [3.05, 3.63) is 30.1 Å². The van der Waals surface area contributed by atoms with Crippen molar-refractivity contribution in [3.63, 3.8) is 0 Å². The molecule has 3 saturated heterocycles. The first-order valence-corrected chi connectivity index (χ1v) is 12.1. The summed E-state index contributed by atoms with van der Waals surface area (Å²) in [5.74, 6) is -5.45. The molecule has 0 radical (unpaired) electrons. The molecule has 39 heavy (non-hydrogen) atoms. The van der Waals surface area contributed by atoms with Crippen LogP contribution in [0.1, 0.15) is 31.4 Å². The molecule has 0 unspecified atom stereocenters. The van der Waals surface area contributed by atoms with E-state index >= 15 is 0 Å². The van der Waals surface area contributed by atoms with Gasteiger partial charge in [-0.2, -0.15) is 26.3 Å². The fourth-order valence-electron chi connectivity index (χ4n) is 4.35. The van der Waals surface area contributed by atoms with Gasteiger partial charge in [-0.25, -0.2) is 9.59 Å². The average molecular weight is 573 g/mol. The van der Waals surface area contributed by atoms with Crippen LogP contribution in [0, 0.1) is 0 Å². The second-order valence-electron chi connectivity index (χ2n) is 8.99. The van der Waals surface area contributed by atoms with Gasteiger partial charge in [0.25, 0.3) is 0 Å². The maximum atomic E-state index is 12.4. The van der Waals surface area contributed by atoms with Crippen LogP contribution >= 0.6 is 0 Å². The summed E-state index contributed by atoms with van der Waals surface area (Å²) in [5.41, 5.74) is 1.08. The van der Waals surface area contributed by atoms with Gasteiger partial charge >= 0.3 is 24.3 Å². The van der Waals surface area contributed by atoms with Crippen molar-refractivity contribution in [3.8, 4) is 0 Å².